The molecule has 3 heterocycles. The molecular weight excluding hydrogens is 320 g/mol. The summed E-state index contributed by atoms with van der Waals surface area (Å²) in [4.78, 5) is 18.1. The predicted octanol–water partition coefficient (Wildman–Crippen LogP) is 1.40. The summed E-state index contributed by atoms with van der Waals surface area (Å²) in [5.74, 6) is 0.0194. The van der Waals surface area contributed by atoms with Crippen molar-refractivity contribution < 1.29 is 9.90 Å². The van der Waals surface area contributed by atoms with E-state index in [-0.39, 0.29) is 5.91 Å². The van der Waals surface area contributed by atoms with Crippen LogP contribution in [-0.4, -0.2) is 63.1 Å². The molecule has 0 spiro atoms. The Morgan fingerprint density at radius 3 is 2.77 bits per heavy atom. The molecular formula is C14H18N4O2S2. The fraction of sp³-hybridized carbons (Fsp3) is 0.500. The van der Waals surface area contributed by atoms with Gasteiger partial charge in [0.1, 0.15) is 11.0 Å². The first-order valence-electron chi connectivity index (χ1n) is 7.17. The van der Waals surface area contributed by atoms with Crippen molar-refractivity contribution in [1.82, 2.24) is 19.4 Å². The maximum Gasteiger partial charge on any atom is 0.267 e. The number of aliphatic hydroxyl groups is 1. The van der Waals surface area contributed by atoms with Crippen molar-refractivity contribution in [2.45, 2.75) is 13.0 Å². The molecule has 0 unspecified atom stereocenters. The molecule has 118 valence electrons. The van der Waals surface area contributed by atoms with Crippen LogP contribution in [0, 0.1) is 6.92 Å². The van der Waals surface area contributed by atoms with E-state index in [2.05, 4.69) is 14.5 Å². The van der Waals surface area contributed by atoms with Crippen LogP contribution in [0.1, 0.15) is 26.3 Å². The first kappa shape index (κ1) is 15.5. The molecule has 3 rings (SSSR count). The average molecular weight is 338 g/mol. The molecule has 0 saturated carbocycles. The van der Waals surface area contributed by atoms with Gasteiger partial charge in [0.25, 0.3) is 5.91 Å². The number of hydrogen-bond acceptors (Lipinski definition) is 7. The average Bonchev–Trinajstić information content (AvgIpc) is 3.18. The molecule has 0 bridgehead atoms. The van der Waals surface area contributed by atoms with Crippen molar-refractivity contribution in [2.75, 3.05) is 32.7 Å². The molecule has 0 aliphatic carbocycles. The number of piperazine rings is 1. The molecule has 22 heavy (non-hydrogen) atoms. The molecule has 1 aliphatic rings. The van der Waals surface area contributed by atoms with Crippen molar-refractivity contribution in [1.29, 1.82) is 0 Å². The molecule has 0 radical (unpaired) electrons. The van der Waals surface area contributed by atoms with Crippen molar-refractivity contribution in [3.63, 3.8) is 0 Å². The van der Waals surface area contributed by atoms with E-state index in [0.717, 1.165) is 29.5 Å². The van der Waals surface area contributed by atoms with Gasteiger partial charge < -0.3 is 10.0 Å². The lowest BCUT2D eigenvalue weighted by molar-refractivity contribution is 0.0536. The first-order chi connectivity index (χ1) is 10.6. The Morgan fingerprint density at radius 1 is 1.41 bits per heavy atom. The van der Waals surface area contributed by atoms with E-state index in [9.17, 15) is 9.90 Å². The summed E-state index contributed by atoms with van der Waals surface area (Å²) in [5, 5.41) is 16.1. The van der Waals surface area contributed by atoms with Crippen LogP contribution in [0.5, 0.6) is 0 Å². The monoisotopic (exact) mass is 338 g/mol. The van der Waals surface area contributed by atoms with Gasteiger partial charge in [0.15, 0.2) is 0 Å². The maximum atomic E-state index is 12.4. The molecule has 1 saturated heterocycles. The zero-order valence-electron chi connectivity index (χ0n) is 12.3. The number of amides is 1. The minimum Gasteiger partial charge on any atom is -0.386 e. The Labute approximate surface area is 137 Å². The lowest BCUT2D eigenvalue weighted by Gasteiger charge is -2.35. The van der Waals surface area contributed by atoms with Gasteiger partial charge >= 0.3 is 0 Å². The summed E-state index contributed by atoms with van der Waals surface area (Å²) in [6.45, 7) is 5.33. The van der Waals surface area contributed by atoms with Gasteiger partial charge in [-0.25, -0.2) is 0 Å². The van der Waals surface area contributed by atoms with Gasteiger partial charge in [-0.3, -0.25) is 9.69 Å². The molecule has 8 heteroatoms. The highest BCUT2D eigenvalue weighted by atomic mass is 32.1. The molecule has 6 nitrogen and oxygen atoms in total. The zero-order chi connectivity index (χ0) is 15.5. The molecule has 1 fully saturated rings. The topological polar surface area (TPSA) is 69.6 Å². The summed E-state index contributed by atoms with van der Waals surface area (Å²) in [6.07, 6.45) is -0.449. The molecule has 1 aliphatic heterocycles. The van der Waals surface area contributed by atoms with E-state index in [1.165, 1.54) is 0 Å². The van der Waals surface area contributed by atoms with E-state index in [0.29, 0.717) is 30.2 Å². The van der Waals surface area contributed by atoms with Crippen molar-refractivity contribution in [3.8, 4) is 0 Å². The van der Waals surface area contributed by atoms with E-state index in [4.69, 9.17) is 0 Å². The van der Waals surface area contributed by atoms with Gasteiger partial charge in [0.05, 0.1) is 5.69 Å². The van der Waals surface area contributed by atoms with Crippen LogP contribution in [0.2, 0.25) is 0 Å². The summed E-state index contributed by atoms with van der Waals surface area (Å²) >= 11 is 2.73. The van der Waals surface area contributed by atoms with Gasteiger partial charge in [0.2, 0.25) is 0 Å². The summed E-state index contributed by atoms with van der Waals surface area (Å²) < 4.78 is 3.82. The van der Waals surface area contributed by atoms with Crippen LogP contribution in [0.4, 0.5) is 0 Å². The summed E-state index contributed by atoms with van der Waals surface area (Å²) in [7, 11) is 0. The fourth-order valence-electron chi connectivity index (χ4n) is 2.52. The molecule has 2 aromatic heterocycles. The van der Waals surface area contributed by atoms with E-state index >= 15 is 0 Å². The Hall–Kier alpha value is -1.35. The molecule has 1 atom stereocenters. The Morgan fingerprint density at radius 2 is 2.18 bits per heavy atom. The second kappa shape index (κ2) is 6.82. The Balaban J connectivity index is 1.52. The van der Waals surface area contributed by atoms with Crippen LogP contribution >= 0.6 is 22.9 Å². The summed E-state index contributed by atoms with van der Waals surface area (Å²) in [5.41, 5.74) is 0.700. The number of nitrogens with zero attached hydrogens (tertiary/aromatic N) is 4. The number of carbonyl (C=O) groups is 1. The Kier molecular flexibility index (Phi) is 4.82. The fourth-order valence-corrected chi connectivity index (χ4v) is 3.85. The van der Waals surface area contributed by atoms with Crippen LogP contribution in [0.3, 0.4) is 0 Å². The van der Waals surface area contributed by atoms with Crippen LogP contribution < -0.4 is 0 Å². The third-order valence-electron chi connectivity index (χ3n) is 3.81. The number of hydrogen-bond donors (Lipinski definition) is 1. The van der Waals surface area contributed by atoms with Gasteiger partial charge in [-0.1, -0.05) is 10.6 Å². The minimum absolute atomic E-state index is 0.0194. The van der Waals surface area contributed by atoms with Crippen molar-refractivity contribution in [2.24, 2.45) is 0 Å². The largest absolute Gasteiger partial charge is 0.386 e. The molecule has 1 N–H and O–H groups in total. The van der Waals surface area contributed by atoms with Gasteiger partial charge in [-0.05, 0) is 29.9 Å². The van der Waals surface area contributed by atoms with Gasteiger partial charge in [-0.2, -0.15) is 0 Å². The van der Waals surface area contributed by atoms with Crippen LogP contribution in [0.25, 0.3) is 0 Å². The van der Waals surface area contributed by atoms with Crippen molar-refractivity contribution >= 4 is 28.8 Å². The molecule has 2 aromatic rings. The predicted molar refractivity (Wildman–Crippen MR) is 86.3 cm³/mol. The normalized spacial score (nSPS) is 17.6. The smallest absolute Gasteiger partial charge is 0.267 e. The van der Waals surface area contributed by atoms with Gasteiger partial charge in [-0.15, -0.1) is 16.4 Å². The minimum atomic E-state index is -0.449. The highest BCUT2D eigenvalue weighted by Gasteiger charge is 2.26. The second-order valence-corrected chi connectivity index (χ2v) is 7.04. The number of aromatic nitrogens is 2. The third-order valence-corrected chi connectivity index (χ3v) is 5.60. The molecule has 0 aromatic carbocycles. The highest BCUT2D eigenvalue weighted by molar-refractivity contribution is 7.10. The zero-order valence-corrected chi connectivity index (χ0v) is 13.9. The highest BCUT2D eigenvalue weighted by Crippen LogP contribution is 2.21. The van der Waals surface area contributed by atoms with Crippen molar-refractivity contribution in [3.05, 3.63) is 33.0 Å². The lowest BCUT2D eigenvalue weighted by Crippen LogP contribution is -2.49. The van der Waals surface area contributed by atoms with Crippen LogP contribution in [0.15, 0.2) is 17.5 Å². The van der Waals surface area contributed by atoms with Crippen LogP contribution in [-0.2, 0) is 0 Å². The second-order valence-electron chi connectivity index (χ2n) is 5.31. The number of carbonyl (C=O) groups excluding carboxylic acids is 1. The molecule has 1 amide bonds. The lowest BCUT2D eigenvalue weighted by atomic mass is 10.2. The van der Waals surface area contributed by atoms with E-state index in [1.54, 1.807) is 11.3 Å². The quantitative estimate of drug-likeness (QED) is 0.912. The number of aliphatic hydroxyl groups excluding tert-OH is 1. The first-order valence-corrected chi connectivity index (χ1v) is 8.82. The van der Waals surface area contributed by atoms with E-state index in [1.807, 2.05) is 29.3 Å². The summed E-state index contributed by atoms with van der Waals surface area (Å²) in [6, 6.07) is 3.90. The number of thiophene rings is 1. The van der Waals surface area contributed by atoms with Gasteiger partial charge in [0, 0.05) is 37.6 Å². The number of aryl methyl sites for hydroxylation is 1. The van der Waals surface area contributed by atoms with E-state index < -0.39 is 6.10 Å². The maximum absolute atomic E-state index is 12.4. The standard InChI is InChI=1S/C14H18N4O2S2/c1-10-13(22-16-15-10)14(20)18-6-4-17(5-7-18)9-11(19)12-3-2-8-21-12/h2-3,8,11,19H,4-7,9H2,1H3/t11-/m0/s1. The third kappa shape index (κ3) is 3.35. The Bertz CT molecular complexity index is 621. The number of rotatable bonds is 4. The number of β-amino-alcohol motifs (C(OH)–C–C–N with tert-alkyl or cyclic N) is 1. The SMILES string of the molecule is Cc1nnsc1C(=O)N1CCN(C[C@H](O)c2cccs2)CC1.